The van der Waals surface area contributed by atoms with E-state index in [9.17, 15) is 13.6 Å². The van der Waals surface area contributed by atoms with Crippen molar-refractivity contribution < 1.29 is 18.3 Å². The van der Waals surface area contributed by atoms with Crippen molar-refractivity contribution in [1.29, 1.82) is 0 Å². The summed E-state index contributed by atoms with van der Waals surface area (Å²) < 4.78 is 31.0. The van der Waals surface area contributed by atoms with Crippen LogP contribution in [0, 0.1) is 0 Å². The van der Waals surface area contributed by atoms with E-state index in [1.807, 2.05) is 13.8 Å². The highest BCUT2D eigenvalue weighted by atomic mass is 19.3. The van der Waals surface area contributed by atoms with Gasteiger partial charge in [0.15, 0.2) is 0 Å². The van der Waals surface area contributed by atoms with Crippen LogP contribution in [0.3, 0.4) is 0 Å². The smallest absolute Gasteiger partial charge is 0.387 e. The van der Waals surface area contributed by atoms with E-state index in [0.29, 0.717) is 5.82 Å². The third kappa shape index (κ3) is 3.04. The molecule has 0 aliphatic carbocycles. The molecule has 1 amide bonds. The van der Waals surface area contributed by atoms with Gasteiger partial charge in [0.05, 0.1) is 6.20 Å². The van der Waals surface area contributed by atoms with E-state index < -0.39 is 6.61 Å². The quantitative estimate of drug-likeness (QED) is 0.937. The van der Waals surface area contributed by atoms with Gasteiger partial charge >= 0.3 is 6.61 Å². The second-order valence-corrected chi connectivity index (χ2v) is 5.74. The number of nitrogens with zero attached hydrogens (tertiary/aromatic N) is 2. The maximum Gasteiger partial charge on any atom is 0.387 e. The summed E-state index contributed by atoms with van der Waals surface area (Å²) in [5.41, 5.74) is 1.63. The van der Waals surface area contributed by atoms with Gasteiger partial charge in [-0.3, -0.25) is 4.79 Å². The van der Waals surface area contributed by atoms with Crippen LogP contribution in [0.25, 0.3) is 0 Å². The van der Waals surface area contributed by atoms with Gasteiger partial charge in [0.25, 0.3) is 0 Å². The number of aromatic nitrogens is 2. The van der Waals surface area contributed by atoms with Crippen molar-refractivity contribution in [1.82, 2.24) is 9.78 Å². The molecule has 23 heavy (non-hydrogen) atoms. The first-order valence-corrected chi connectivity index (χ1v) is 7.37. The second-order valence-electron chi connectivity index (χ2n) is 5.74. The minimum atomic E-state index is -2.88. The highest BCUT2D eigenvalue weighted by Gasteiger charge is 2.30. The van der Waals surface area contributed by atoms with Crippen LogP contribution in [0.4, 0.5) is 14.6 Å². The highest BCUT2D eigenvalue weighted by molar-refractivity contribution is 5.94. The predicted octanol–water partition coefficient (Wildman–Crippen LogP) is 3.54. The molecule has 1 aromatic heterocycles. The maximum atomic E-state index is 12.4. The van der Waals surface area contributed by atoms with Crippen LogP contribution in [0.5, 0.6) is 5.75 Å². The Morgan fingerprint density at radius 3 is 2.87 bits per heavy atom. The molecule has 0 unspecified atom stereocenters. The number of amides is 1. The summed E-state index contributed by atoms with van der Waals surface area (Å²) in [7, 11) is 0. The number of rotatable bonds is 4. The molecule has 1 aliphatic rings. The van der Waals surface area contributed by atoms with Crippen LogP contribution in [0.1, 0.15) is 43.4 Å². The van der Waals surface area contributed by atoms with Crippen LogP contribution in [0.15, 0.2) is 30.5 Å². The van der Waals surface area contributed by atoms with Gasteiger partial charge in [0.2, 0.25) is 5.91 Å². The second kappa shape index (κ2) is 5.98. The van der Waals surface area contributed by atoms with E-state index in [1.165, 1.54) is 6.07 Å². The fraction of sp³-hybridized carbons (Fsp3) is 0.375. The zero-order valence-corrected chi connectivity index (χ0v) is 12.8. The Hall–Kier alpha value is -2.44. The van der Waals surface area contributed by atoms with E-state index in [0.717, 1.165) is 11.1 Å². The Kier molecular flexibility index (Phi) is 4.02. The lowest BCUT2D eigenvalue weighted by Crippen LogP contribution is -2.25. The first kappa shape index (κ1) is 15.5. The summed E-state index contributed by atoms with van der Waals surface area (Å²) in [6, 6.07) is 6.57. The number of ether oxygens (including phenoxy) is 1. The molecule has 7 heteroatoms. The van der Waals surface area contributed by atoms with Gasteiger partial charge in [-0.1, -0.05) is 12.1 Å². The number of hydrogen-bond acceptors (Lipinski definition) is 3. The molecular weight excluding hydrogens is 304 g/mol. The average Bonchev–Trinajstić information content (AvgIpc) is 2.89. The standard InChI is InChI=1S/C16H17F2N3O2/c1-9(2)21-15-13(8-19-21)12(7-14(22)20-15)10-4-3-5-11(6-10)23-16(17)18/h3-6,8-9,12,16H,7H2,1-2H3,(H,20,22)/t12-/m1/s1. The minimum absolute atomic E-state index is 0.0845. The molecule has 5 nitrogen and oxygen atoms in total. The molecule has 0 spiro atoms. The van der Waals surface area contributed by atoms with Gasteiger partial charge in [0, 0.05) is 23.9 Å². The van der Waals surface area contributed by atoms with Crippen molar-refractivity contribution in [3.05, 3.63) is 41.6 Å². The Labute approximate surface area is 132 Å². The Morgan fingerprint density at radius 2 is 2.17 bits per heavy atom. The lowest BCUT2D eigenvalue weighted by molar-refractivity contribution is -0.116. The molecule has 0 bridgehead atoms. The number of alkyl halides is 2. The maximum absolute atomic E-state index is 12.4. The third-order valence-corrected chi connectivity index (χ3v) is 3.82. The Morgan fingerprint density at radius 1 is 1.39 bits per heavy atom. The first-order valence-electron chi connectivity index (χ1n) is 7.37. The zero-order chi connectivity index (χ0) is 16.6. The van der Waals surface area contributed by atoms with Crippen LogP contribution in [-0.4, -0.2) is 22.3 Å². The molecule has 0 saturated carbocycles. The third-order valence-electron chi connectivity index (χ3n) is 3.82. The topological polar surface area (TPSA) is 56.2 Å². The molecule has 0 fully saturated rings. The van der Waals surface area contributed by atoms with Gasteiger partial charge < -0.3 is 10.1 Å². The van der Waals surface area contributed by atoms with Gasteiger partial charge in [-0.25, -0.2) is 4.68 Å². The normalized spacial score (nSPS) is 17.3. The largest absolute Gasteiger partial charge is 0.435 e. The summed E-state index contributed by atoms with van der Waals surface area (Å²) in [5.74, 6) is 0.403. The van der Waals surface area contributed by atoms with Crippen molar-refractivity contribution in [2.45, 2.75) is 38.8 Å². The molecular formula is C16H17F2N3O2. The molecule has 1 aromatic carbocycles. The highest BCUT2D eigenvalue weighted by Crippen LogP contribution is 2.38. The van der Waals surface area contributed by atoms with Crippen molar-refractivity contribution in [2.75, 3.05) is 5.32 Å². The number of hydrogen-bond donors (Lipinski definition) is 1. The predicted molar refractivity (Wildman–Crippen MR) is 80.8 cm³/mol. The van der Waals surface area contributed by atoms with Crippen LogP contribution >= 0.6 is 0 Å². The van der Waals surface area contributed by atoms with Gasteiger partial charge in [-0.05, 0) is 31.5 Å². The minimum Gasteiger partial charge on any atom is -0.435 e. The van der Waals surface area contributed by atoms with Crippen molar-refractivity contribution in [2.24, 2.45) is 0 Å². The molecule has 1 aliphatic heterocycles. The molecule has 1 atom stereocenters. The average molecular weight is 321 g/mol. The molecule has 0 radical (unpaired) electrons. The first-order chi connectivity index (χ1) is 11.0. The van der Waals surface area contributed by atoms with E-state index in [2.05, 4.69) is 15.2 Å². The summed E-state index contributed by atoms with van der Waals surface area (Å²) in [5, 5.41) is 7.18. The summed E-state index contributed by atoms with van der Waals surface area (Å²) in [6.07, 6.45) is 1.97. The van der Waals surface area contributed by atoms with Gasteiger partial charge in [-0.15, -0.1) is 0 Å². The van der Waals surface area contributed by atoms with E-state index >= 15 is 0 Å². The van der Waals surface area contributed by atoms with Crippen LogP contribution < -0.4 is 10.1 Å². The monoisotopic (exact) mass is 321 g/mol. The lowest BCUT2D eigenvalue weighted by Gasteiger charge is -2.24. The van der Waals surface area contributed by atoms with E-state index in [4.69, 9.17) is 0 Å². The van der Waals surface area contributed by atoms with Gasteiger partial charge in [-0.2, -0.15) is 13.9 Å². The Bertz CT molecular complexity index is 728. The van der Waals surface area contributed by atoms with Crippen molar-refractivity contribution in [3.63, 3.8) is 0 Å². The van der Waals surface area contributed by atoms with Crippen molar-refractivity contribution >= 4 is 11.7 Å². The fourth-order valence-electron chi connectivity index (χ4n) is 2.83. The number of carbonyl (C=O) groups is 1. The van der Waals surface area contributed by atoms with Gasteiger partial charge in [0.1, 0.15) is 11.6 Å². The molecule has 1 N–H and O–H groups in total. The van der Waals surface area contributed by atoms with E-state index in [1.54, 1.807) is 29.1 Å². The van der Waals surface area contributed by atoms with E-state index in [-0.39, 0.29) is 30.0 Å². The van der Waals surface area contributed by atoms with Crippen LogP contribution in [-0.2, 0) is 4.79 Å². The molecule has 2 aromatic rings. The van der Waals surface area contributed by atoms with Crippen molar-refractivity contribution in [3.8, 4) is 5.75 Å². The summed E-state index contributed by atoms with van der Waals surface area (Å²) >= 11 is 0. The fourth-order valence-corrected chi connectivity index (χ4v) is 2.83. The summed E-state index contributed by atoms with van der Waals surface area (Å²) in [6.45, 7) is 1.07. The number of benzene rings is 1. The van der Waals surface area contributed by atoms with Crippen LogP contribution in [0.2, 0.25) is 0 Å². The molecule has 0 saturated heterocycles. The number of carbonyl (C=O) groups excluding carboxylic acids is 1. The molecule has 122 valence electrons. The Balaban J connectivity index is 2.00. The number of fused-ring (bicyclic) bond motifs is 1. The molecule has 3 rings (SSSR count). The summed E-state index contributed by atoms with van der Waals surface area (Å²) in [4.78, 5) is 12.0. The number of anilines is 1. The zero-order valence-electron chi connectivity index (χ0n) is 12.8. The molecule has 2 heterocycles. The SMILES string of the molecule is CC(C)n1ncc2c1NC(=O)C[C@@H]2c1cccc(OC(F)F)c1. The number of halogens is 2. The lowest BCUT2D eigenvalue weighted by atomic mass is 9.87. The number of nitrogens with one attached hydrogen (secondary N) is 1.